The average Bonchev–Trinajstić information content (AvgIpc) is 2.52. The van der Waals surface area contributed by atoms with E-state index >= 15 is 0 Å². The molecule has 6 nitrogen and oxygen atoms in total. The molecule has 1 aromatic heterocycles. The zero-order chi connectivity index (χ0) is 16.6. The zero-order valence-corrected chi connectivity index (χ0v) is 12.6. The van der Waals surface area contributed by atoms with E-state index in [-0.39, 0.29) is 18.0 Å². The van der Waals surface area contributed by atoms with E-state index in [2.05, 4.69) is 9.97 Å². The number of hydrogen-bond donors (Lipinski definition) is 1. The molecule has 0 aliphatic carbocycles. The Morgan fingerprint density at radius 3 is 2.74 bits per heavy atom. The third kappa shape index (κ3) is 2.99. The van der Waals surface area contributed by atoms with Gasteiger partial charge in [-0.2, -0.15) is 0 Å². The predicted molar refractivity (Wildman–Crippen MR) is 80.3 cm³/mol. The molecule has 1 aliphatic rings. The molecule has 0 spiro atoms. The van der Waals surface area contributed by atoms with Crippen molar-refractivity contribution in [2.45, 2.75) is 13.3 Å². The van der Waals surface area contributed by atoms with Gasteiger partial charge in [0.25, 0.3) is 5.91 Å². The van der Waals surface area contributed by atoms with Crippen LogP contribution in [0.15, 0.2) is 24.5 Å². The number of rotatable bonds is 2. The lowest BCUT2D eigenvalue weighted by Crippen LogP contribution is -2.45. The topological polar surface area (TPSA) is 83.4 Å². The number of likely N-dealkylation sites (tertiary alicyclic amines) is 1. The molecule has 1 fully saturated rings. The van der Waals surface area contributed by atoms with Crippen LogP contribution < -0.4 is 0 Å². The summed E-state index contributed by atoms with van der Waals surface area (Å²) in [5.41, 5.74) is 0.742. The Labute approximate surface area is 132 Å². The smallest absolute Gasteiger partial charge is 0.308 e. The van der Waals surface area contributed by atoms with Crippen LogP contribution in [0.3, 0.4) is 0 Å². The second kappa shape index (κ2) is 5.91. The van der Waals surface area contributed by atoms with Crippen molar-refractivity contribution in [3.63, 3.8) is 0 Å². The highest BCUT2D eigenvalue weighted by atomic mass is 19.1. The lowest BCUT2D eigenvalue weighted by molar-refractivity contribution is -0.143. The molecule has 0 bridgehead atoms. The van der Waals surface area contributed by atoms with E-state index in [9.17, 15) is 19.1 Å². The highest BCUT2D eigenvalue weighted by Gasteiger charge is 2.33. The molecule has 3 rings (SSSR count). The van der Waals surface area contributed by atoms with Crippen LogP contribution in [0.5, 0.6) is 0 Å². The number of halogens is 1. The molecule has 7 heteroatoms. The Kier molecular flexibility index (Phi) is 3.94. The van der Waals surface area contributed by atoms with Gasteiger partial charge in [0.2, 0.25) is 0 Å². The summed E-state index contributed by atoms with van der Waals surface area (Å²) in [6.07, 6.45) is 3.40. The number of piperidine rings is 1. The predicted octanol–water partition coefficient (Wildman–Crippen LogP) is 1.95. The minimum Gasteiger partial charge on any atom is -0.481 e. The Bertz CT molecular complexity index is 780. The molecular formula is C16H16FN3O3. The molecule has 23 heavy (non-hydrogen) atoms. The molecule has 120 valence electrons. The lowest BCUT2D eigenvalue weighted by Gasteiger charge is -2.34. The van der Waals surface area contributed by atoms with Crippen LogP contribution in [0, 0.1) is 17.7 Å². The maximum Gasteiger partial charge on any atom is 0.308 e. The molecule has 2 heterocycles. The minimum absolute atomic E-state index is 0.0692. The monoisotopic (exact) mass is 317 g/mol. The van der Waals surface area contributed by atoms with Gasteiger partial charge in [0, 0.05) is 31.5 Å². The minimum atomic E-state index is -0.918. The summed E-state index contributed by atoms with van der Waals surface area (Å²) in [7, 11) is 0. The Morgan fingerprint density at radius 2 is 2.00 bits per heavy atom. The number of carbonyl (C=O) groups is 2. The molecule has 1 N–H and O–H groups in total. The van der Waals surface area contributed by atoms with Crippen molar-refractivity contribution in [3.05, 3.63) is 35.9 Å². The third-order valence-electron chi connectivity index (χ3n) is 4.07. The van der Waals surface area contributed by atoms with E-state index in [0.29, 0.717) is 24.0 Å². The summed E-state index contributed by atoms with van der Waals surface area (Å²) in [6.45, 7) is 2.47. The van der Waals surface area contributed by atoms with Gasteiger partial charge in [0.05, 0.1) is 17.0 Å². The molecule has 1 saturated heterocycles. The molecule has 1 aromatic carbocycles. The van der Waals surface area contributed by atoms with Gasteiger partial charge in [-0.15, -0.1) is 0 Å². The van der Waals surface area contributed by atoms with E-state index in [4.69, 9.17) is 0 Å². The second-order valence-corrected chi connectivity index (χ2v) is 5.96. The van der Waals surface area contributed by atoms with Crippen LogP contribution in [0.25, 0.3) is 11.0 Å². The van der Waals surface area contributed by atoms with Crippen LogP contribution in [0.4, 0.5) is 4.39 Å². The molecular weight excluding hydrogens is 301 g/mol. The first-order chi connectivity index (χ1) is 11.0. The fraction of sp³-hybridized carbons (Fsp3) is 0.375. The highest BCUT2D eigenvalue weighted by Crippen LogP contribution is 2.25. The van der Waals surface area contributed by atoms with Crippen molar-refractivity contribution in [2.75, 3.05) is 13.1 Å². The van der Waals surface area contributed by atoms with Gasteiger partial charge >= 0.3 is 5.97 Å². The van der Waals surface area contributed by atoms with Crippen molar-refractivity contribution in [3.8, 4) is 0 Å². The largest absolute Gasteiger partial charge is 0.481 e. The SMILES string of the molecule is CC1CC(C(=O)O)CN(C(=O)c2cc(F)cc3nccnc23)C1. The summed E-state index contributed by atoms with van der Waals surface area (Å²) in [6, 6.07) is 2.35. The molecule has 0 radical (unpaired) electrons. The van der Waals surface area contributed by atoms with E-state index < -0.39 is 23.6 Å². The normalized spacial score (nSPS) is 21.4. The zero-order valence-electron chi connectivity index (χ0n) is 12.6. The van der Waals surface area contributed by atoms with Gasteiger partial charge in [0.1, 0.15) is 11.3 Å². The fourth-order valence-corrected chi connectivity index (χ4v) is 3.07. The van der Waals surface area contributed by atoms with Gasteiger partial charge < -0.3 is 10.0 Å². The number of amides is 1. The molecule has 2 unspecified atom stereocenters. The van der Waals surface area contributed by atoms with Crippen LogP contribution in [0.1, 0.15) is 23.7 Å². The average molecular weight is 317 g/mol. The van der Waals surface area contributed by atoms with Crippen LogP contribution in [-0.4, -0.2) is 44.9 Å². The number of carboxylic acid groups (broad SMARTS) is 1. The number of fused-ring (bicyclic) bond motifs is 1. The number of hydrogen-bond acceptors (Lipinski definition) is 4. The summed E-state index contributed by atoms with van der Waals surface area (Å²) in [5, 5.41) is 9.22. The summed E-state index contributed by atoms with van der Waals surface area (Å²) >= 11 is 0. The van der Waals surface area contributed by atoms with Crippen molar-refractivity contribution in [1.29, 1.82) is 0 Å². The lowest BCUT2D eigenvalue weighted by atomic mass is 9.90. The fourth-order valence-electron chi connectivity index (χ4n) is 3.07. The number of aromatic nitrogens is 2. The molecule has 2 aromatic rings. The van der Waals surface area contributed by atoms with E-state index in [1.54, 1.807) is 0 Å². The van der Waals surface area contributed by atoms with E-state index in [1.807, 2.05) is 6.92 Å². The first-order valence-electron chi connectivity index (χ1n) is 7.38. The first-order valence-corrected chi connectivity index (χ1v) is 7.38. The maximum absolute atomic E-state index is 13.8. The molecule has 0 saturated carbocycles. The van der Waals surface area contributed by atoms with Gasteiger partial charge in [0.15, 0.2) is 0 Å². The van der Waals surface area contributed by atoms with Crippen molar-refractivity contribution >= 4 is 22.9 Å². The van der Waals surface area contributed by atoms with Gasteiger partial charge in [-0.25, -0.2) is 4.39 Å². The van der Waals surface area contributed by atoms with Crippen molar-refractivity contribution < 1.29 is 19.1 Å². The number of benzene rings is 1. The maximum atomic E-state index is 13.8. The molecule has 1 aliphatic heterocycles. The quantitative estimate of drug-likeness (QED) is 0.915. The highest BCUT2D eigenvalue weighted by molar-refractivity contribution is 6.04. The van der Waals surface area contributed by atoms with E-state index in [1.165, 1.54) is 23.4 Å². The number of carboxylic acids is 1. The summed E-state index contributed by atoms with van der Waals surface area (Å²) < 4.78 is 13.8. The second-order valence-electron chi connectivity index (χ2n) is 5.96. The van der Waals surface area contributed by atoms with Crippen LogP contribution in [0.2, 0.25) is 0 Å². The van der Waals surface area contributed by atoms with Crippen LogP contribution >= 0.6 is 0 Å². The van der Waals surface area contributed by atoms with Gasteiger partial charge in [-0.3, -0.25) is 19.6 Å². The number of carbonyl (C=O) groups excluding carboxylic acids is 1. The van der Waals surface area contributed by atoms with Crippen molar-refractivity contribution in [1.82, 2.24) is 14.9 Å². The number of nitrogens with zero attached hydrogens (tertiary/aromatic N) is 3. The number of aliphatic carboxylic acids is 1. The third-order valence-corrected chi connectivity index (χ3v) is 4.07. The standard InChI is InChI=1S/C16H16FN3O3/c1-9-4-10(16(22)23)8-20(7-9)15(21)12-5-11(17)6-13-14(12)19-3-2-18-13/h2-3,5-6,9-10H,4,7-8H2,1H3,(H,22,23). The Balaban J connectivity index is 1.98. The van der Waals surface area contributed by atoms with Gasteiger partial charge in [-0.05, 0) is 18.4 Å². The molecule has 1 amide bonds. The van der Waals surface area contributed by atoms with Crippen LogP contribution in [-0.2, 0) is 4.79 Å². The summed E-state index contributed by atoms with van der Waals surface area (Å²) in [4.78, 5) is 33.6. The van der Waals surface area contributed by atoms with Gasteiger partial charge in [-0.1, -0.05) is 6.92 Å². The first kappa shape index (κ1) is 15.3. The molecule has 2 atom stereocenters. The summed E-state index contributed by atoms with van der Waals surface area (Å²) in [5.74, 6) is -2.43. The van der Waals surface area contributed by atoms with E-state index in [0.717, 1.165) is 6.07 Å². The Hall–Kier alpha value is -2.57. The van der Waals surface area contributed by atoms with Crippen molar-refractivity contribution in [2.24, 2.45) is 11.8 Å². The Morgan fingerprint density at radius 1 is 1.26 bits per heavy atom.